The molecular weight excluding hydrogens is 336 g/mol. The van der Waals surface area contributed by atoms with Gasteiger partial charge in [0.15, 0.2) is 5.60 Å². The number of nitrogens with zero attached hydrogens (tertiary/aromatic N) is 1. The van der Waals surface area contributed by atoms with Crippen LogP contribution in [0.4, 0.5) is 0 Å². The fraction of sp³-hybridized carbons (Fsp3) is 0.350. The quantitative estimate of drug-likeness (QED) is 0.814. The van der Waals surface area contributed by atoms with Gasteiger partial charge < -0.3 is 15.0 Å². The van der Waals surface area contributed by atoms with Crippen LogP contribution in [0.2, 0.25) is 5.02 Å². The lowest BCUT2D eigenvalue weighted by molar-refractivity contribution is -0.134. The molecule has 0 aliphatic carbocycles. The maximum Gasteiger partial charge on any atom is 0.263 e. The third-order valence-electron chi connectivity index (χ3n) is 3.71. The van der Waals surface area contributed by atoms with Crippen molar-refractivity contribution in [3.63, 3.8) is 0 Å². The second kappa shape index (κ2) is 8.37. The highest BCUT2D eigenvalue weighted by molar-refractivity contribution is 6.30. The van der Waals surface area contributed by atoms with Crippen molar-refractivity contribution < 1.29 is 9.53 Å². The average Bonchev–Trinajstić information content (AvgIpc) is 2.55. The summed E-state index contributed by atoms with van der Waals surface area (Å²) in [5.41, 5.74) is 1.32. The molecule has 1 amide bonds. The number of halogens is 1. The Kier molecular flexibility index (Phi) is 6.45. The molecule has 2 aromatic carbocycles. The van der Waals surface area contributed by atoms with Gasteiger partial charge in [0.1, 0.15) is 5.75 Å². The van der Waals surface area contributed by atoms with Gasteiger partial charge in [-0.3, -0.25) is 4.79 Å². The van der Waals surface area contributed by atoms with Gasteiger partial charge in [0.2, 0.25) is 0 Å². The standard InChI is InChI=1S/C20H25ClN2O2/c1-20(2,25-18-11-9-17(21)10-12-18)19(24)22-13-15-5-7-16(8-6-15)14-23(3)4/h5-12H,13-14H2,1-4H3,(H,22,24). The van der Waals surface area contributed by atoms with Gasteiger partial charge in [-0.15, -0.1) is 0 Å². The minimum atomic E-state index is -0.974. The summed E-state index contributed by atoms with van der Waals surface area (Å²) in [7, 11) is 4.08. The molecule has 0 atom stereocenters. The summed E-state index contributed by atoms with van der Waals surface area (Å²) in [6.45, 7) is 4.86. The number of rotatable bonds is 7. The van der Waals surface area contributed by atoms with E-state index < -0.39 is 5.60 Å². The Labute approximate surface area is 154 Å². The van der Waals surface area contributed by atoms with E-state index in [2.05, 4.69) is 22.3 Å². The predicted octanol–water partition coefficient (Wildman–Crippen LogP) is 3.88. The first-order chi connectivity index (χ1) is 11.8. The summed E-state index contributed by atoms with van der Waals surface area (Å²) in [6, 6.07) is 15.2. The van der Waals surface area contributed by atoms with E-state index in [9.17, 15) is 4.79 Å². The number of nitrogens with one attached hydrogen (secondary N) is 1. The minimum Gasteiger partial charge on any atom is -0.478 e. The van der Waals surface area contributed by atoms with E-state index in [4.69, 9.17) is 16.3 Å². The fourth-order valence-electron chi connectivity index (χ4n) is 2.37. The Morgan fingerprint density at radius 3 is 2.16 bits per heavy atom. The lowest BCUT2D eigenvalue weighted by Crippen LogP contribution is -2.46. The summed E-state index contributed by atoms with van der Waals surface area (Å²) >= 11 is 5.86. The largest absolute Gasteiger partial charge is 0.478 e. The molecule has 0 radical (unpaired) electrons. The Morgan fingerprint density at radius 2 is 1.60 bits per heavy atom. The first-order valence-corrected chi connectivity index (χ1v) is 8.59. The van der Waals surface area contributed by atoms with Gasteiger partial charge in [-0.25, -0.2) is 0 Å². The van der Waals surface area contributed by atoms with Crippen molar-refractivity contribution in [2.75, 3.05) is 14.1 Å². The van der Waals surface area contributed by atoms with Gasteiger partial charge in [0, 0.05) is 18.1 Å². The molecule has 0 aliphatic rings. The van der Waals surface area contributed by atoms with E-state index >= 15 is 0 Å². The molecule has 0 spiro atoms. The van der Waals surface area contributed by atoms with Crippen LogP contribution in [0.25, 0.3) is 0 Å². The SMILES string of the molecule is CN(C)Cc1ccc(CNC(=O)C(C)(C)Oc2ccc(Cl)cc2)cc1. The van der Waals surface area contributed by atoms with Crippen molar-refractivity contribution in [1.29, 1.82) is 0 Å². The van der Waals surface area contributed by atoms with E-state index in [1.165, 1.54) is 5.56 Å². The van der Waals surface area contributed by atoms with Crippen LogP contribution < -0.4 is 10.1 Å². The van der Waals surface area contributed by atoms with Gasteiger partial charge in [0.25, 0.3) is 5.91 Å². The molecule has 0 fully saturated rings. The second-order valence-corrected chi connectivity index (χ2v) is 7.24. The highest BCUT2D eigenvalue weighted by atomic mass is 35.5. The zero-order chi connectivity index (χ0) is 18.4. The molecule has 0 saturated heterocycles. The lowest BCUT2D eigenvalue weighted by atomic mass is 10.1. The minimum absolute atomic E-state index is 0.167. The third kappa shape index (κ3) is 6.07. The summed E-state index contributed by atoms with van der Waals surface area (Å²) < 4.78 is 5.79. The van der Waals surface area contributed by atoms with Crippen LogP contribution in [0.1, 0.15) is 25.0 Å². The second-order valence-electron chi connectivity index (χ2n) is 6.80. The van der Waals surface area contributed by atoms with Crippen molar-refractivity contribution in [3.05, 3.63) is 64.7 Å². The summed E-state index contributed by atoms with van der Waals surface area (Å²) in [6.07, 6.45) is 0. The lowest BCUT2D eigenvalue weighted by Gasteiger charge is -2.25. The van der Waals surface area contributed by atoms with Crippen molar-refractivity contribution in [2.24, 2.45) is 0 Å². The number of carbonyl (C=O) groups excluding carboxylic acids is 1. The number of carbonyl (C=O) groups is 1. The topological polar surface area (TPSA) is 41.6 Å². The number of hydrogen-bond acceptors (Lipinski definition) is 3. The maximum absolute atomic E-state index is 12.5. The highest BCUT2D eigenvalue weighted by Crippen LogP contribution is 2.21. The molecule has 2 rings (SSSR count). The Bertz CT molecular complexity index is 695. The number of hydrogen-bond donors (Lipinski definition) is 1. The molecule has 2 aromatic rings. The van der Waals surface area contributed by atoms with Crippen LogP contribution in [0.3, 0.4) is 0 Å². The van der Waals surface area contributed by atoms with Crippen LogP contribution in [-0.4, -0.2) is 30.5 Å². The molecule has 0 unspecified atom stereocenters. The molecule has 0 saturated carbocycles. The molecule has 0 bridgehead atoms. The molecule has 1 N–H and O–H groups in total. The van der Waals surface area contributed by atoms with Gasteiger partial charge in [-0.1, -0.05) is 35.9 Å². The van der Waals surface area contributed by atoms with Gasteiger partial charge in [0.05, 0.1) is 0 Å². The zero-order valence-electron chi connectivity index (χ0n) is 15.2. The first kappa shape index (κ1) is 19.3. The van der Waals surface area contributed by atoms with Crippen molar-refractivity contribution in [3.8, 4) is 5.75 Å². The van der Waals surface area contributed by atoms with Gasteiger partial charge in [-0.2, -0.15) is 0 Å². The third-order valence-corrected chi connectivity index (χ3v) is 3.96. The fourth-order valence-corrected chi connectivity index (χ4v) is 2.49. The molecule has 0 aliphatic heterocycles. The Morgan fingerprint density at radius 1 is 1.04 bits per heavy atom. The van der Waals surface area contributed by atoms with Crippen molar-refractivity contribution in [2.45, 2.75) is 32.5 Å². The number of amides is 1. The monoisotopic (exact) mass is 360 g/mol. The normalized spacial score (nSPS) is 11.4. The van der Waals surface area contributed by atoms with Crippen molar-refractivity contribution in [1.82, 2.24) is 10.2 Å². The Hall–Kier alpha value is -2.04. The van der Waals surface area contributed by atoms with E-state index in [0.29, 0.717) is 17.3 Å². The molecular formula is C20H25ClN2O2. The van der Waals surface area contributed by atoms with Crippen LogP contribution in [0, 0.1) is 0 Å². The summed E-state index contributed by atoms with van der Waals surface area (Å²) in [4.78, 5) is 14.6. The van der Waals surface area contributed by atoms with Crippen molar-refractivity contribution >= 4 is 17.5 Å². The smallest absolute Gasteiger partial charge is 0.263 e. The van der Waals surface area contributed by atoms with Crippen LogP contribution in [-0.2, 0) is 17.9 Å². The molecule has 0 aromatic heterocycles. The zero-order valence-corrected chi connectivity index (χ0v) is 15.9. The van der Waals surface area contributed by atoms with Crippen LogP contribution in [0.5, 0.6) is 5.75 Å². The van der Waals surface area contributed by atoms with E-state index in [1.54, 1.807) is 38.1 Å². The van der Waals surface area contributed by atoms with E-state index in [-0.39, 0.29) is 5.91 Å². The number of benzene rings is 2. The van der Waals surface area contributed by atoms with Crippen LogP contribution >= 0.6 is 11.6 Å². The molecule has 25 heavy (non-hydrogen) atoms. The van der Waals surface area contributed by atoms with Gasteiger partial charge >= 0.3 is 0 Å². The summed E-state index contributed by atoms with van der Waals surface area (Å²) in [5, 5.41) is 3.56. The predicted molar refractivity (Wildman–Crippen MR) is 102 cm³/mol. The summed E-state index contributed by atoms with van der Waals surface area (Å²) in [5.74, 6) is 0.442. The highest BCUT2D eigenvalue weighted by Gasteiger charge is 2.29. The molecule has 5 heteroatoms. The molecule has 4 nitrogen and oxygen atoms in total. The van der Waals surface area contributed by atoms with E-state index in [1.807, 2.05) is 26.2 Å². The maximum atomic E-state index is 12.5. The van der Waals surface area contributed by atoms with Crippen LogP contribution in [0.15, 0.2) is 48.5 Å². The number of ether oxygens (including phenoxy) is 1. The molecule has 134 valence electrons. The first-order valence-electron chi connectivity index (χ1n) is 8.22. The van der Waals surface area contributed by atoms with E-state index in [0.717, 1.165) is 12.1 Å². The Balaban J connectivity index is 1.90. The molecule has 0 heterocycles. The van der Waals surface area contributed by atoms with Gasteiger partial charge in [-0.05, 0) is 63.3 Å². The average molecular weight is 361 g/mol.